The van der Waals surface area contributed by atoms with E-state index in [0.29, 0.717) is 19.3 Å². The van der Waals surface area contributed by atoms with Crippen LogP contribution in [0.1, 0.15) is 70.6 Å². The summed E-state index contributed by atoms with van der Waals surface area (Å²) in [5.74, 6) is 0.0259. The number of rotatable bonds is 2. The summed E-state index contributed by atoms with van der Waals surface area (Å²) >= 11 is 0. The highest BCUT2D eigenvalue weighted by Crippen LogP contribution is 2.25. The van der Waals surface area contributed by atoms with Crippen LogP contribution in [-0.4, -0.2) is 16.5 Å². The number of carbonyl (C=O) groups excluding carboxylic acids is 1. The van der Waals surface area contributed by atoms with Gasteiger partial charge in [-0.1, -0.05) is 51.0 Å². The molecule has 98 valence electrons. The van der Waals surface area contributed by atoms with Crippen LogP contribution in [0.2, 0.25) is 0 Å². The molecule has 1 saturated carbocycles. The maximum Gasteiger partial charge on any atom is 0.164 e. The lowest BCUT2D eigenvalue weighted by atomic mass is 9.85. The maximum absolute atomic E-state index is 12.0. The Hall–Kier alpha value is -0.630. The van der Waals surface area contributed by atoms with E-state index in [-0.39, 0.29) is 5.78 Å². The van der Waals surface area contributed by atoms with Crippen LogP contribution in [0.15, 0.2) is 12.7 Å². The third-order valence-corrected chi connectivity index (χ3v) is 3.75. The molecule has 0 heterocycles. The molecule has 0 amide bonds. The summed E-state index contributed by atoms with van der Waals surface area (Å²) in [6, 6.07) is 0. The first-order valence-corrected chi connectivity index (χ1v) is 7.05. The minimum atomic E-state index is -1.12. The summed E-state index contributed by atoms with van der Waals surface area (Å²) in [6.07, 6.45) is 12.4. The van der Waals surface area contributed by atoms with Crippen LogP contribution >= 0.6 is 0 Å². The van der Waals surface area contributed by atoms with Crippen molar-refractivity contribution in [3.8, 4) is 0 Å². The zero-order valence-corrected chi connectivity index (χ0v) is 10.9. The van der Waals surface area contributed by atoms with Gasteiger partial charge in [0.15, 0.2) is 5.78 Å². The molecule has 2 nitrogen and oxygen atoms in total. The summed E-state index contributed by atoms with van der Waals surface area (Å²) in [7, 11) is 0. The van der Waals surface area contributed by atoms with Crippen LogP contribution in [0.3, 0.4) is 0 Å². The number of aliphatic hydroxyl groups is 1. The van der Waals surface area contributed by atoms with Gasteiger partial charge in [-0.15, -0.1) is 6.58 Å². The van der Waals surface area contributed by atoms with Gasteiger partial charge >= 0.3 is 0 Å². The minimum absolute atomic E-state index is 0.0259. The average Bonchev–Trinajstić information content (AvgIpc) is 2.30. The van der Waals surface area contributed by atoms with Gasteiger partial charge in [0.25, 0.3) is 0 Å². The van der Waals surface area contributed by atoms with Crippen LogP contribution in [0.25, 0.3) is 0 Å². The highest BCUT2D eigenvalue weighted by molar-refractivity contribution is 5.87. The first-order valence-electron chi connectivity index (χ1n) is 7.05. The standard InChI is InChI=1S/C15H26O2/c1-2-12-15(17)13-10-8-6-4-3-5-7-9-11-14(15)16/h2,17H,1,3-13H2. The Bertz CT molecular complexity index is 247. The second-order valence-electron chi connectivity index (χ2n) is 5.28. The minimum Gasteiger partial charge on any atom is -0.382 e. The molecule has 0 radical (unpaired) electrons. The summed E-state index contributed by atoms with van der Waals surface area (Å²) < 4.78 is 0. The summed E-state index contributed by atoms with van der Waals surface area (Å²) in [5.41, 5.74) is -1.12. The SMILES string of the molecule is C=CCC1(O)CCCCCCCCCCC1=O. The van der Waals surface area contributed by atoms with Crippen molar-refractivity contribution in [3.63, 3.8) is 0 Å². The van der Waals surface area contributed by atoms with Gasteiger partial charge in [0.1, 0.15) is 5.60 Å². The molecule has 0 saturated heterocycles. The summed E-state index contributed by atoms with van der Waals surface area (Å²) in [5, 5.41) is 10.4. The van der Waals surface area contributed by atoms with Crippen molar-refractivity contribution in [2.45, 2.75) is 76.2 Å². The van der Waals surface area contributed by atoms with E-state index in [2.05, 4.69) is 6.58 Å². The van der Waals surface area contributed by atoms with Gasteiger partial charge < -0.3 is 5.11 Å². The Balaban J connectivity index is 2.56. The lowest BCUT2D eigenvalue weighted by Crippen LogP contribution is -2.38. The van der Waals surface area contributed by atoms with Gasteiger partial charge in [-0.2, -0.15) is 0 Å². The zero-order valence-electron chi connectivity index (χ0n) is 10.9. The van der Waals surface area contributed by atoms with Crippen LogP contribution < -0.4 is 0 Å². The first-order chi connectivity index (χ1) is 8.19. The molecular formula is C15H26O2. The highest BCUT2D eigenvalue weighted by atomic mass is 16.3. The van der Waals surface area contributed by atoms with Crippen molar-refractivity contribution in [2.24, 2.45) is 0 Å². The first kappa shape index (κ1) is 14.4. The molecule has 1 N–H and O–H groups in total. The Labute approximate surface area is 105 Å². The normalized spacial score (nSPS) is 29.1. The third-order valence-electron chi connectivity index (χ3n) is 3.75. The van der Waals surface area contributed by atoms with E-state index in [0.717, 1.165) is 25.7 Å². The van der Waals surface area contributed by atoms with Gasteiger partial charge in [0, 0.05) is 12.8 Å². The fraction of sp³-hybridized carbons (Fsp3) is 0.800. The molecule has 1 rings (SSSR count). The van der Waals surface area contributed by atoms with Crippen molar-refractivity contribution >= 4 is 5.78 Å². The average molecular weight is 238 g/mol. The summed E-state index contributed by atoms with van der Waals surface area (Å²) in [6.45, 7) is 3.65. The van der Waals surface area contributed by atoms with E-state index in [1.54, 1.807) is 6.08 Å². The van der Waals surface area contributed by atoms with Gasteiger partial charge in [0.05, 0.1) is 0 Å². The van der Waals surface area contributed by atoms with Gasteiger partial charge in [-0.25, -0.2) is 0 Å². The van der Waals surface area contributed by atoms with Crippen molar-refractivity contribution in [1.82, 2.24) is 0 Å². The number of hydrogen-bond donors (Lipinski definition) is 1. The molecule has 1 fully saturated rings. The number of Topliss-reactive ketones (excluding diaryl/α,β-unsaturated/α-hetero) is 1. The molecule has 1 unspecified atom stereocenters. The van der Waals surface area contributed by atoms with Crippen LogP contribution in [0.5, 0.6) is 0 Å². The second-order valence-corrected chi connectivity index (χ2v) is 5.28. The van der Waals surface area contributed by atoms with E-state index in [1.807, 2.05) is 0 Å². The van der Waals surface area contributed by atoms with Gasteiger partial charge in [-0.05, 0) is 12.8 Å². The van der Waals surface area contributed by atoms with E-state index < -0.39 is 5.60 Å². The van der Waals surface area contributed by atoms with Gasteiger partial charge in [-0.3, -0.25) is 4.79 Å². The van der Waals surface area contributed by atoms with Crippen molar-refractivity contribution in [2.75, 3.05) is 0 Å². The highest BCUT2D eigenvalue weighted by Gasteiger charge is 2.32. The van der Waals surface area contributed by atoms with Crippen LogP contribution in [0.4, 0.5) is 0 Å². The molecule has 0 aromatic carbocycles. The number of ketones is 1. The molecular weight excluding hydrogens is 212 g/mol. The van der Waals surface area contributed by atoms with E-state index >= 15 is 0 Å². The van der Waals surface area contributed by atoms with E-state index in [1.165, 1.54) is 25.7 Å². The fourth-order valence-electron chi connectivity index (χ4n) is 2.59. The second kappa shape index (κ2) is 7.65. The van der Waals surface area contributed by atoms with Crippen molar-refractivity contribution in [1.29, 1.82) is 0 Å². The topological polar surface area (TPSA) is 37.3 Å². The smallest absolute Gasteiger partial charge is 0.164 e. The Morgan fingerprint density at radius 2 is 1.59 bits per heavy atom. The molecule has 0 bridgehead atoms. The zero-order chi connectivity index (χ0) is 12.6. The molecule has 0 aliphatic heterocycles. The fourth-order valence-corrected chi connectivity index (χ4v) is 2.59. The Kier molecular flexibility index (Phi) is 6.49. The monoisotopic (exact) mass is 238 g/mol. The quantitative estimate of drug-likeness (QED) is 0.743. The molecule has 1 aliphatic rings. The largest absolute Gasteiger partial charge is 0.382 e. The molecule has 0 aromatic rings. The Morgan fingerprint density at radius 1 is 1.06 bits per heavy atom. The lowest BCUT2D eigenvalue weighted by Gasteiger charge is -2.26. The van der Waals surface area contributed by atoms with Crippen molar-refractivity contribution in [3.05, 3.63) is 12.7 Å². The molecule has 2 heteroatoms. The van der Waals surface area contributed by atoms with E-state index in [4.69, 9.17) is 0 Å². The van der Waals surface area contributed by atoms with Crippen LogP contribution in [0, 0.1) is 0 Å². The number of hydrogen-bond acceptors (Lipinski definition) is 2. The third kappa shape index (κ3) is 5.03. The number of carbonyl (C=O) groups is 1. The molecule has 17 heavy (non-hydrogen) atoms. The molecule has 1 aliphatic carbocycles. The molecule has 0 aromatic heterocycles. The molecule has 0 spiro atoms. The predicted molar refractivity (Wildman–Crippen MR) is 70.9 cm³/mol. The van der Waals surface area contributed by atoms with Crippen molar-refractivity contribution < 1.29 is 9.90 Å². The molecule has 1 atom stereocenters. The predicted octanol–water partition coefficient (Wildman–Crippen LogP) is 3.78. The van der Waals surface area contributed by atoms with Crippen LogP contribution in [-0.2, 0) is 4.79 Å². The van der Waals surface area contributed by atoms with E-state index in [9.17, 15) is 9.90 Å². The Morgan fingerprint density at radius 3 is 2.18 bits per heavy atom. The lowest BCUT2D eigenvalue weighted by molar-refractivity contribution is -0.138. The van der Waals surface area contributed by atoms with Gasteiger partial charge in [0.2, 0.25) is 0 Å². The maximum atomic E-state index is 12.0. The summed E-state index contributed by atoms with van der Waals surface area (Å²) in [4.78, 5) is 12.0.